The Hall–Kier alpha value is -1.57. The molecule has 1 aliphatic carbocycles. The van der Waals surface area contributed by atoms with Crippen molar-refractivity contribution in [3.8, 4) is 0 Å². The van der Waals surface area contributed by atoms with Crippen molar-refractivity contribution in [1.29, 1.82) is 0 Å². The van der Waals surface area contributed by atoms with E-state index in [1.54, 1.807) is 19.1 Å². The molecule has 0 N–H and O–H groups in total. The van der Waals surface area contributed by atoms with Gasteiger partial charge in [-0.05, 0) is 31.7 Å². The summed E-state index contributed by atoms with van der Waals surface area (Å²) in [4.78, 5) is 0. The second kappa shape index (κ2) is 3.25. The molecule has 1 aliphatic heterocycles. The molecule has 2 nitrogen and oxygen atoms in total. The van der Waals surface area contributed by atoms with E-state index in [1.807, 2.05) is 32.1 Å². The van der Waals surface area contributed by atoms with Crippen LogP contribution in [0.3, 0.4) is 0 Å². The van der Waals surface area contributed by atoms with Gasteiger partial charge in [-0.25, -0.2) is 0 Å². The van der Waals surface area contributed by atoms with E-state index in [2.05, 4.69) is 0 Å². The normalized spacial score (nSPS) is 31.9. The van der Waals surface area contributed by atoms with Gasteiger partial charge in [0.1, 0.15) is 0 Å². The predicted molar refractivity (Wildman–Crippen MR) is 74.9 cm³/mol. The Balaban J connectivity index is 2.34. The molecule has 18 heavy (non-hydrogen) atoms. The van der Waals surface area contributed by atoms with Crippen LogP contribution in [0.25, 0.3) is 5.57 Å². The average Bonchev–Trinajstić information content (AvgIpc) is 2.61. The molecule has 0 spiro atoms. The summed E-state index contributed by atoms with van der Waals surface area (Å²) in [5.41, 5.74) is 1.16. The van der Waals surface area contributed by atoms with Crippen molar-refractivity contribution in [2.75, 3.05) is 0 Å². The molecule has 0 saturated carbocycles. The molecular formula is C16H19NO. The van der Waals surface area contributed by atoms with Crippen LogP contribution in [0.1, 0.15) is 43.7 Å². The van der Waals surface area contributed by atoms with Crippen molar-refractivity contribution in [1.82, 2.24) is 0 Å². The molecule has 0 bridgehead atoms. The number of hydrogen-bond acceptors (Lipinski definition) is 1. The van der Waals surface area contributed by atoms with Crippen LogP contribution >= 0.6 is 0 Å². The van der Waals surface area contributed by atoms with Crippen LogP contribution in [-0.2, 0) is 0 Å². The zero-order valence-electron chi connectivity index (χ0n) is 13.9. The van der Waals surface area contributed by atoms with Gasteiger partial charge in [0.05, 0.1) is 16.6 Å². The maximum atomic E-state index is 12.7. The molecule has 2 aliphatic rings. The van der Waals surface area contributed by atoms with Gasteiger partial charge in [0, 0.05) is 10.2 Å². The van der Waals surface area contributed by atoms with Crippen molar-refractivity contribution in [3.05, 3.63) is 41.1 Å². The fourth-order valence-electron chi connectivity index (χ4n) is 3.34. The third kappa shape index (κ3) is 1.45. The lowest BCUT2D eigenvalue weighted by Crippen LogP contribution is -2.36. The summed E-state index contributed by atoms with van der Waals surface area (Å²) < 4.78 is 24.7. The quantitative estimate of drug-likeness (QED) is 0.498. The second-order valence-electron chi connectivity index (χ2n) is 6.22. The highest BCUT2D eigenvalue weighted by Gasteiger charge is 2.48. The maximum Gasteiger partial charge on any atom is 0.224 e. The van der Waals surface area contributed by atoms with Crippen molar-refractivity contribution in [3.63, 3.8) is 0 Å². The van der Waals surface area contributed by atoms with Crippen LogP contribution in [0.4, 0.5) is 5.69 Å². The molecule has 1 aromatic carbocycles. The Morgan fingerprint density at radius 1 is 1.28 bits per heavy atom. The third-order valence-electron chi connectivity index (χ3n) is 3.74. The minimum Gasteiger partial charge on any atom is -0.618 e. The minimum absolute atomic E-state index is 0.264. The number of nitrogens with zero attached hydrogens (tertiary/aromatic N) is 1. The molecule has 0 amide bonds. The molecule has 0 fully saturated rings. The van der Waals surface area contributed by atoms with Crippen LogP contribution < -0.4 is 0 Å². The molecule has 2 heteroatoms. The van der Waals surface area contributed by atoms with Gasteiger partial charge in [-0.3, -0.25) is 0 Å². The number of fused-ring (bicyclic) bond motifs is 3. The van der Waals surface area contributed by atoms with Crippen molar-refractivity contribution < 1.29 is 8.85 Å². The Morgan fingerprint density at radius 2 is 2.00 bits per heavy atom. The van der Waals surface area contributed by atoms with Gasteiger partial charge in [0.15, 0.2) is 0 Å². The Labute approximate surface area is 112 Å². The zero-order valence-corrected chi connectivity index (χ0v) is 10.9. The maximum absolute atomic E-state index is 12.7. The van der Waals surface area contributed by atoms with E-state index in [-0.39, 0.29) is 5.41 Å². The lowest BCUT2D eigenvalue weighted by Gasteiger charge is -2.36. The summed E-state index contributed by atoms with van der Waals surface area (Å²) >= 11 is 0. The van der Waals surface area contributed by atoms with Gasteiger partial charge in [-0.2, -0.15) is 4.74 Å². The summed E-state index contributed by atoms with van der Waals surface area (Å²) in [5, 5.41) is 12.7. The third-order valence-corrected chi connectivity index (χ3v) is 3.74. The Morgan fingerprint density at radius 3 is 2.72 bits per heavy atom. The standard InChI is InChI=1S/C16H19NO/c1-15(2)9-12-11-7-5-6-8-13(11)17(18)14(12)16(3,4)10-15/h5-9H,10H2,1-4H3/i3D3/t16-/m0/s1. The average molecular weight is 244 g/mol. The van der Waals surface area contributed by atoms with E-state index in [1.165, 1.54) is 0 Å². The largest absolute Gasteiger partial charge is 0.618 e. The van der Waals surface area contributed by atoms with Gasteiger partial charge in [-0.1, -0.05) is 32.1 Å². The summed E-state index contributed by atoms with van der Waals surface area (Å²) in [6, 6.07) is 7.33. The highest BCUT2D eigenvalue weighted by Crippen LogP contribution is 2.50. The highest BCUT2D eigenvalue weighted by atomic mass is 16.5. The first-order valence-electron chi connectivity index (χ1n) is 7.74. The van der Waals surface area contributed by atoms with E-state index in [0.29, 0.717) is 17.8 Å². The first-order valence-corrected chi connectivity index (χ1v) is 6.24. The molecule has 1 heterocycles. The van der Waals surface area contributed by atoms with E-state index >= 15 is 0 Å². The topological polar surface area (TPSA) is 26.1 Å². The summed E-state index contributed by atoms with van der Waals surface area (Å²) in [6.45, 7) is 3.53. The molecule has 0 unspecified atom stereocenters. The van der Waals surface area contributed by atoms with Gasteiger partial charge < -0.3 is 5.21 Å². The molecule has 0 saturated heterocycles. The summed E-state index contributed by atoms with van der Waals surface area (Å²) in [5.74, 6) is 0. The number of benzene rings is 1. The van der Waals surface area contributed by atoms with E-state index in [0.717, 1.165) is 15.9 Å². The number of hydrogen-bond donors (Lipinski definition) is 0. The Bertz CT molecular complexity index is 685. The number of rotatable bonds is 0. The van der Waals surface area contributed by atoms with Gasteiger partial charge >= 0.3 is 0 Å². The van der Waals surface area contributed by atoms with Crippen molar-refractivity contribution in [2.24, 2.45) is 10.8 Å². The van der Waals surface area contributed by atoms with E-state index in [4.69, 9.17) is 4.11 Å². The number of allylic oxidation sites excluding steroid dienone is 2. The summed E-state index contributed by atoms with van der Waals surface area (Å²) in [7, 11) is 0. The van der Waals surface area contributed by atoms with Crippen LogP contribution in [0.2, 0.25) is 0 Å². The first kappa shape index (κ1) is 8.52. The van der Waals surface area contributed by atoms with Crippen LogP contribution in [0.15, 0.2) is 30.3 Å². The molecule has 0 aromatic heterocycles. The van der Waals surface area contributed by atoms with Crippen LogP contribution in [0.5, 0.6) is 0 Å². The van der Waals surface area contributed by atoms with E-state index in [9.17, 15) is 5.21 Å². The summed E-state index contributed by atoms with van der Waals surface area (Å²) in [6.07, 6.45) is 2.48. The molecule has 1 aromatic rings. The highest BCUT2D eigenvalue weighted by molar-refractivity contribution is 6.27. The zero-order chi connectivity index (χ0) is 15.6. The van der Waals surface area contributed by atoms with Crippen LogP contribution in [0, 0.1) is 16.0 Å². The van der Waals surface area contributed by atoms with Crippen molar-refractivity contribution >= 4 is 17.0 Å². The first-order chi connectivity index (χ1) is 9.57. The Kier molecular flexibility index (Phi) is 1.54. The van der Waals surface area contributed by atoms with Gasteiger partial charge in [0.25, 0.3) is 0 Å². The second-order valence-corrected chi connectivity index (χ2v) is 6.22. The molecule has 94 valence electrons. The lowest BCUT2D eigenvalue weighted by atomic mass is 9.65. The SMILES string of the molecule is [2H]C([2H])([2H])[C@]1(C)CC(C)(C)C=C2C1=[N+]([O-])c1ccccc12. The number of para-hydroxylation sites is 1. The van der Waals surface area contributed by atoms with E-state index < -0.39 is 12.3 Å². The lowest BCUT2D eigenvalue weighted by molar-refractivity contribution is -0.361. The molecule has 3 rings (SSSR count). The van der Waals surface area contributed by atoms with Crippen LogP contribution in [-0.4, -0.2) is 10.5 Å². The fraction of sp³-hybridized carbons (Fsp3) is 0.438. The van der Waals surface area contributed by atoms with Gasteiger partial charge in [-0.15, -0.1) is 0 Å². The van der Waals surface area contributed by atoms with Crippen molar-refractivity contribution in [2.45, 2.75) is 34.0 Å². The molecule has 1 atom stereocenters. The molecule has 0 radical (unpaired) electrons. The molecular weight excluding hydrogens is 222 g/mol. The predicted octanol–water partition coefficient (Wildman–Crippen LogP) is 4.12. The minimum atomic E-state index is -2.22. The fourth-order valence-corrected chi connectivity index (χ4v) is 3.34. The smallest absolute Gasteiger partial charge is 0.224 e. The van der Waals surface area contributed by atoms with Gasteiger partial charge in [0.2, 0.25) is 11.4 Å². The monoisotopic (exact) mass is 244 g/mol.